The summed E-state index contributed by atoms with van der Waals surface area (Å²) in [6, 6.07) is 5.04. The molecule has 118 valence electrons. The second kappa shape index (κ2) is 6.37. The van der Waals surface area contributed by atoms with Gasteiger partial charge < -0.3 is 23.9 Å². The predicted molar refractivity (Wildman–Crippen MR) is 79.1 cm³/mol. The van der Waals surface area contributed by atoms with Crippen LogP contribution in [0.4, 0.5) is 0 Å². The Morgan fingerprint density at radius 3 is 2.86 bits per heavy atom. The number of phenolic OH excluding ortho intramolecular Hbond substituents is 1. The zero-order valence-electron chi connectivity index (χ0n) is 12.6. The minimum Gasteiger partial charge on any atom is -0.507 e. The normalized spacial score (nSPS) is 16.0. The first-order valence-electron chi connectivity index (χ1n) is 7.52. The van der Waals surface area contributed by atoms with E-state index < -0.39 is 5.97 Å². The van der Waals surface area contributed by atoms with E-state index in [0.717, 1.165) is 13.1 Å². The molecule has 1 aromatic heterocycles. The van der Waals surface area contributed by atoms with Crippen LogP contribution in [0.25, 0.3) is 11.0 Å². The van der Waals surface area contributed by atoms with Gasteiger partial charge in [-0.3, -0.25) is 0 Å². The van der Waals surface area contributed by atoms with E-state index in [0.29, 0.717) is 36.3 Å². The van der Waals surface area contributed by atoms with E-state index in [1.807, 2.05) is 0 Å². The molecule has 1 aliphatic heterocycles. The highest BCUT2D eigenvalue weighted by atomic mass is 16.5. The number of carbonyl (C=O) groups excluding carboxylic acids is 1. The fourth-order valence-electron chi connectivity index (χ4n) is 2.81. The van der Waals surface area contributed by atoms with Crippen molar-refractivity contribution >= 4 is 16.9 Å². The second-order valence-corrected chi connectivity index (χ2v) is 5.32. The fourth-order valence-corrected chi connectivity index (χ4v) is 2.81. The zero-order valence-corrected chi connectivity index (χ0v) is 12.6. The summed E-state index contributed by atoms with van der Waals surface area (Å²) in [5, 5.41) is 10.8. The molecule has 2 heterocycles. The fraction of sp³-hybridized carbons (Fsp3) is 0.438. The number of esters is 1. The quantitative estimate of drug-likeness (QED) is 0.815. The maximum atomic E-state index is 12.2. The molecule has 1 aromatic carbocycles. The van der Waals surface area contributed by atoms with Crippen molar-refractivity contribution in [2.75, 3.05) is 32.9 Å². The van der Waals surface area contributed by atoms with Crippen molar-refractivity contribution in [2.24, 2.45) is 0 Å². The van der Waals surface area contributed by atoms with Gasteiger partial charge >= 0.3 is 5.97 Å². The first-order chi connectivity index (χ1) is 10.7. The summed E-state index contributed by atoms with van der Waals surface area (Å²) in [6.45, 7) is 5.77. The van der Waals surface area contributed by atoms with Gasteiger partial charge in [-0.05, 0) is 19.1 Å². The number of quaternary nitrogens is 1. The Labute approximate surface area is 128 Å². The Bertz CT molecular complexity index is 672. The molecule has 22 heavy (non-hydrogen) atoms. The minimum atomic E-state index is -0.485. The molecule has 2 N–H and O–H groups in total. The third-order valence-corrected chi connectivity index (χ3v) is 3.88. The maximum absolute atomic E-state index is 12.2. The lowest BCUT2D eigenvalue weighted by molar-refractivity contribution is -0.921. The number of ether oxygens (including phenoxy) is 2. The van der Waals surface area contributed by atoms with E-state index in [4.69, 9.17) is 13.9 Å². The number of hydrogen-bond donors (Lipinski definition) is 2. The third-order valence-electron chi connectivity index (χ3n) is 3.88. The minimum absolute atomic E-state index is 0.124. The predicted octanol–water partition coefficient (Wildman–Crippen LogP) is 0.730. The molecule has 0 bridgehead atoms. The van der Waals surface area contributed by atoms with Crippen LogP contribution in [-0.4, -0.2) is 44.0 Å². The van der Waals surface area contributed by atoms with E-state index in [1.165, 1.54) is 4.90 Å². The average Bonchev–Trinajstić information content (AvgIpc) is 2.89. The Kier molecular flexibility index (Phi) is 4.31. The topological polar surface area (TPSA) is 73.3 Å². The van der Waals surface area contributed by atoms with Crippen LogP contribution < -0.4 is 4.90 Å². The summed E-state index contributed by atoms with van der Waals surface area (Å²) in [6.07, 6.45) is 0. The van der Waals surface area contributed by atoms with Gasteiger partial charge in [0.05, 0.1) is 30.8 Å². The van der Waals surface area contributed by atoms with Crippen LogP contribution in [0.5, 0.6) is 5.75 Å². The molecule has 0 amide bonds. The van der Waals surface area contributed by atoms with Gasteiger partial charge in [0.25, 0.3) is 0 Å². The second-order valence-electron chi connectivity index (χ2n) is 5.32. The molecule has 3 rings (SSSR count). The molecule has 0 unspecified atom stereocenters. The van der Waals surface area contributed by atoms with Gasteiger partial charge in [-0.15, -0.1) is 0 Å². The number of benzene rings is 1. The van der Waals surface area contributed by atoms with Gasteiger partial charge in [-0.1, -0.05) is 6.07 Å². The zero-order chi connectivity index (χ0) is 15.5. The number of furan rings is 1. The summed E-state index contributed by atoms with van der Waals surface area (Å²) >= 11 is 0. The number of aromatic hydroxyl groups is 1. The number of rotatable bonds is 4. The summed E-state index contributed by atoms with van der Waals surface area (Å²) in [4.78, 5) is 13.5. The van der Waals surface area contributed by atoms with Crippen LogP contribution in [-0.2, 0) is 16.0 Å². The highest BCUT2D eigenvalue weighted by Gasteiger charge is 2.27. The van der Waals surface area contributed by atoms with Crippen LogP contribution in [0, 0.1) is 0 Å². The van der Waals surface area contributed by atoms with Crippen LogP contribution in [0.1, 0.15) is 23.0 Å². The van der Waals surface area contributed by atoms with Gasteiger partial charge in [0.1, 0.15) is 31.0 Å². The highest BCUT2D eigenvalue weighted by molar-refractivity contribution is 5.98. The molecular weight excluding hydrogens is 286 g/mol. The molecule has 0 aliphatic carbocycles. The van der Waals surface area contributed by atoms with Crippen molar-refractivity contribution in [1.29, 1.82) is 0 Å². The Hall–Kier alpha value is -2.05. The molecular formula is C16H20NO5+. The highest BCUT2D eigenvalue weighted by Crippen LogP contribution is 2.32. The first-order valence-corrected chi connectivity index (χ1v) is 7.52. The van der Waals surface area contributed by atoms with Gasteiger partial charge in [0, 0.05) is 0 Å². The van der Waals surface area contributed by atoms with Crippen LogP contribution >= 0.6 is 0 Å². The number of fused-ring (bicyclic) bond motifs is 1. The molecule has 1 saturated heterocycles. The van der Waals surface area contributed by atoms with Gasteiger partial charge in [0.2, 0.25) is 5.76 Å². The first kappa shape index (κ1) is 14.9. The van der Waals surface area contributed by atoms with Gasteiger partial charge in [0.15, 0.2) is 0 Å². The van der Waals surface area contributed by atoms with Crippen LogP contribution in [0.2, 0.25) is 0 Å². The molecule has 0 spiro atoms. The van der Waals surface area contributed by atoms with E-state index >= 15 is 0 Å². The van der Waals surface area contributed by atoms with Crippen LogP contribution in [0.3, 0.4) is 0 Å². The van der Waals surface area contributed by atoms with Gasteiger partial charge in [-0.25, -0.2) is 4.79 Å². The molecule has 1 aliphatic rings. The number of morpholine rings is 1. The summed E-state index contributed by atoms with van der Waals surface area (Å²) in [5.74, 6) is -0.169. The Morgan fingerprint density at radius 1 is 1.36 bits per heavy atom. The average molecular weight is 306 g/mol. The van der Waals surface area contributed by atoms with E-state index in [2.05, 4.69) is 0 Å². The number of carbonyl (C=O) groups is 1. The summed E-state index contributed by atoms with van der Waals surface area (Å²) in [5.41, 5.74) is 1.22. The lowest BCUT2D eigenvalue weighted by atomic mass is 10.1. The molecule has 0 saturated carbocycles. The lowest BCUT2D eigenvalue weighted by Crippen LogP contribution is -3.12. The van der Waals surface area contributed by atoms with Crippen molar-refractivity contribution in [3.63, 3.8) is 0 Å². The molecule has 6 nitrogen and oxygen atoms in total. The third kappa shape index (κ3) is 2.80. The monoisotopic (exact) mass is 306 g/mol. The Balaban J connectivity index is 2.03. The van der Waals surface area contributed by atoms with E-state index in [9.17, 15) is 9.90 Å². The molecule has 0 atom stereocenters. The van der Waals surface area contributed by atoms with E-state index in [1.54, 1.807) is 25.1 Å². The Morgan fingerprint density at radius 2 is 2.14 bits per heavy atom. The maximum Gasteiger partial charge on any atom is 0.374 e. The molecule has 0 radical (unpaired) electrons. The van der Waals surface area contributed by atoms with Gasteiger partial charge in [-0.2, -0.15) is 0 Å². The number of nitrogens with one attached hydrogen (secondary N) is 1. The van der Waals surface area contributed by atoms with Crippen LogP contribution in [0.15, 0.2) is 22.6 Å². The standard InChI is InChI=1S/C16H19NO5/c1-2-21-16(19)15-11(10-17-6-8-20-9-7-17)14-12(18)4-3-5-13(14)22-15/h3-5,18H,2,6-10H2,1H3/p+1. The smallest absolute Gasteiger partial charge is 0.374 e. The number of phenols is 1. The summed E-state index contributed by atoms with van der Waals surface area (Å²) in [7, 11) is 0. The molecule has 6 heteroatoms. The largest absolute Gasteiger partial charge is 0.507 e. The van der Waals surface area contributed by atoms with Crippen molar-refractivity contribution in [3.05, 3.63) is 29.5 Å². The number of hydrogen-bond acceptors (Lipinski definition) is 5. The van der Waals surface area contributed by atoms with E-state index in [-0.39, 0.29) is 18.1 Å². The van der Waals surface area contributed by atoms with Crippen molar-refractivity contribution in [1.82, 2.24) is 0 Å². The van der Waals surface area contributed by atoms with Crippen molar-refractivity contribution < 1.29 is 28.7 Å². The van der Waals surface area contributed by atoms with Crippen molar-refractivity contribution in [3.8, 4) is 5.75 Å². The molecule has 1 fully saturated rings. The van der Waals surface area contributed by atoms with Crippen molar-refractivity contribution in [2.45, 2.75) is 13.5 Å². The SMILES string of the molecule is CCOC(=O)c1oc2cccc(O)c2c1C[NH+]1CCOCC1. The molecule has 2 aromatic rings. The lowest BCUT2D eigenvalue weighted by Gasteiger charge is -2.23. The summed E-state index contributed by atoms with van der Waals surface area (Å²) < 4.78 is 16.1.